The molecule has 1 aliphatic rings. The lowest BCUT2D eigenvalue weighted by Crippen LogP contribution is -2.45. The minimum Gasteiger partial charge on any atom is -0.352 e. The predicted molar refractivity (Wildman–Crippen MR) is 78.3 cm³/mol. The molecule has 19 heavy (non-hydrogen) atoms. The van der Waals surface area contributed by atoms with Gasteiger partial charge in [-0.05, 0) is 50.8 Å². The quantitative estimate of drug-likeness (QED) is 0.870. The molecule has 1 amide bonds. The molecule has 3 heteroatoms. The smallest absolute Gasteiger partial charge is 0.220 e. The zero-order valence-electron chi connectivity index (χ0n) is 12.0. The van der Waals surface area contributed by atoms with Crippen LogP contribution in [0.2, 0.25) is 0 Å². The Hall–Kier alpha value is -1.35. The van der Waals surface area contributed by atoms with Crippen molar-refractivity contribution in [1.29, 1.82) is 0 Å². The highest BCUT2D eigenvalue weighted by Gasteiger charge is 2.15. The predicted octanol–water partition coefficient (Wildman–Crippen LogP) is 2.10. The lowest BCUT2D eigenvalue weighted by atomic mass is 10.0. The lowest BCUT2D eigenvalue weighted by Gasteiger charge is -2.23. The molecule has 0 radical (unpaired) electrons. The standard InChI is InChI=1S/C16H24N2O/c1-12-5-6-14(13(2)10-12)7-8-16(19)18-15-4-3-9-17-11-15/h5-6,10,15,17H,3-4,7-9,11H2,1-2H3,(H,18,19)/t15-/m0/s1. The number of benzene rings is 1. The summed E-state index contributed by atoms with van der Waals surface area (Å²) < 4.78 is 0. The van der Waals surface area contributed by atoms with Gasteiger partial charge in [0, 0.05) is 19.0 Å². The number of nitrogens with one attached hydrogen (secondary N) is 2. The second-order valence-corrected chi connectivity index (χ2v) is 5.54. The van der Waals surface area contributed by atoms with E-state index in [0.717, 1.165) is 32.4 Å². The number of carbonyl (C=O) groups excluding carboxylic acids is 1. The number of piperidine rings is 1. The first-order valence-corrected chi connectivity index (χ1v) is 7.21. The summed E-state index contributed by atoms with van der Waals surface area (Å²) in [4.78, 5) is 11.9. The fourth-order valence-electron chi connectivity index (χ4n) is 2.65. The van der Waals surface area contributed by atoms with E-state index in [-0.39, 0.29) is 5.91 Å². The second kappa shape index (κ2) is 6.71. The Morgan fingerprint density at radius 2 is 2.26 bits per heavy atom. The van der Waals surface area contributed by atoms with Gasteiger partial charge in [-0.2, -0.15) is 0 Å². The number of hydrogen-bond acceptors (Lipinski definition) is 2. The molecule has 1 saturated heterocycles. The molecular weight excluding hydrogens is 236 g/mol. The zero-order valence-corrected chi connectivity index (χ0v) is 12.0. The number of aryl methyl sites for hydroxylation is 3. The van der Waals surface area contributed by atoms with Crippen molar-refractivity contribution in [2.75, 3.05) is 13.1 Å². The van der Waals surface area contributed by atoms with E-state index in [1.807, 2.05) is 0 Å². The Morgan fingerprint density at radius 1 is 1.42 bits per heavy atom. The molecule has 2 N–H and O–H groups in total. The second-order valence-electron chi connectivity index (χ2n) is 5.54. The Kier molecular flexibility index (Phi) is 4.97. The lowest BCUT2D eigenvalue weighted by molar-refractivity contribution is -0.121. The van der Waals surface area contributed by atoms with Gasteiger partial charge in [-0.15, -0.1) is 0 Å². The van der Waals surface area contributed by atoms with Crippen molar-refractivity contribution in [3.63, 3.8) is 0 Å². The third kappa shape index (κ3) is 4.35. The van der Waals surface area contributed by atoms with E-state index in [1.54, 1.807) is 0 Å². The fourth-order valence-corrected chi connectivity index (χ4v) is 2.65. The van der Waals surface area contributed by atoms with Gasteiger partial charge in [0.1, 0.15) is 0 Å². The number of carbonyl (C=O) groups is 1. The van der Waals surface area contributed by atoms with Crippen molar-refractivity contribution in [3.05, 3.63) is 34.9 Å². The van der Waals surface area contributed by atoms with Crippen molar-refractivity contribution in [1.82, 2.24) is 10.6 Å². The molecule has 3 nitrogen and oxygen atoms in total. The maximum Gasteiger partial charge on any atom is 0.220 e. The van der Waals surface area contributed by atoms with Crippen molar-refractivity contribution in [2.24, 2.45) is 0 Å². The summed E-state index contributed by atoms with van der Waals surface area (Å²) in [5, 5.41) is 6.43. The molecule has 0 aromatic heterocycles. The van der Waals surface area contributed by atoms with E-state index in [4.69, 9.17) is 0 Å². The van der Waals surface area contributed by atoms with Gasteiger partial charge >= 0.3 is 0 Å². The van der Waals surface area contributed by atoms with Gasteiger partial charge in [-0.25, -0.2) is 0 Å². The first kappa shape index (κ1) is 14.1. The van der Waals surface area contributed by atoms with Crippen LogP contribution in [0.15, 0.2) is 18.2 Å². The first-order chi connectivity index (χ1) is 9.15. The largest absolute Gasteiger partial charge is 0.352 e. The summed E-state index contributed by atoms with van der Waals surface area (Å²) in [5.74, 6) is 0.175. The normalized spacial score (nSPS) is 19.2. The average Bonchev–Trinajstić information content (AvgIpc) is 2.39. The van der Waals surface area contributed by atoms with Crippen molar-refractivity contribution in [3.8, 4) is 0 Å². The molecule has 1 heterocycles. The minimum absolute atomic E-state index is 0.175. The van der Waals surface area contributed by atoms with Crippen LogP contribution in [0, 0.1) is 13.8 Å². The third-order valence-electron chi connectivity index (χ3n) is 3.78. The van der Waals surface area contributed by atoms with Gasteiger partial charge < -0.3 is 10.6 Å². The molecule has 2 rings (SSSR count). The van der Waals surface area contributed by atoms with Crippen LogP contribution >= 0.6 is 0 Å². The van der Waals surface area contributed by atoms with Crippen LogP contribution in [0.4, 0.5) is 0 Å². The Labute approximate surface area is 115 Å². The molecule has 104 valence electrons. The van der Waals surface area contributed by atoms with Gasteiger partial charge in [0.2, 0.25) is 5.91 Å². The van der Waals surface area contributed by atoms with Crippen molar-refractivity contribution in [2.45, 2.75) is 45.6 Å². The van der Waals surface area contributed by atoms with E-state index in [0.29, 0.717) is 12.5 Å². The summed E-state index contributed by atoms with van der Waals surface area (Å²) in [7, 11) is 0. The van der Waals surface area contributed by atoms with E-state index >= 15 is 0 Å². The van der Waals surface area contributed by atoms with E-state index in [9.17, 15) is 4.79 Å². The zero-order chi connectivity index (χ0) is 13.7. The van der Waals surface area contributed by atoms with E-state index in [1.165, 1.54) is 16.7 Å². The van der Waals surface area contributed by atoms with Crippen LogP contribution in [0.5, 0.6) is 0 Å². The van der Waals surface area contributed by atoms with Gasteiger partial charge in [-0.3, -0.25) is 4.79 Å². The molecule has 1 aromatic rings. The van der Waals surface area contributed by atoms with Gasteiger partial charge in [0.05, 0.1) is 0 Å². The Balaban J connectivity index is 1.79. The third-order valence-corrected chi connectivity index (χ3v) is 3.78. The topological polar surface area (TPSA) is 41.1 Å². The first-order valence-electron chi connectivity index (χ1n) is 7.21. The van der Waals surface area contributed by atoms with Gasteiger partial charge in [0.15, 0.2) is 0 Å². The van der Waals surface area contributed by atoms with Crippen LogP contribution in [0.1, 0.15) is 36.0 Å². The van der Waals surface area contributed by atoms with Crippen molar-refractivity contribution >= 4 is 5.91 Å². The highest BCUT2D eigenvalue weighted by Crippen LogP contribution is 2.12. The fraction of sp³-hybridized carbons (Fsp3) is 0.562. The molecule has 0 spiro atoms. The Morgan fingerprint density at radius 3 is 2.95 bits per heavy atom. The highest BCUT2D eigenvalue weighted by molar-refractivity contribution is 5.76. The average molecular weight is 260 g/mol. The molecule has 0 aliphatic carbocycles. The molecule has 0 bridgehead atoms. The van der Waals surface area contributed by atoms with E-state index < -0.39 is 0 Å². The number of rotatable bonds is 4. The summed E-state index contributed by atoms with van der Waals surface area (Å²) in [6, 6.07) is 6.75. The molecule has 1 fully saturated rings. The van der Waals surface area contributed by atoms with Crippen LogP contribution in [0.3, 0.4) is 0 Å². The molecular formula is C16H24N2O. The van der Waals surface area contributed by atoms with Crippen molar-refractivity contribution < 1.29 is 4.79 Å². The minimum atomic E-state index is 0.175. The maximum absolute atomic E-state index is 11.9. The number of hydrogen-bond donors (Lipinski definition) is 2. The molecule has 0 saturated carbocycles. The summed E-state index contributed by atoms with van der Waals surface area (Å²) in [6.45, 7) is 6.20. The summed E-state index contributed by atoms with van der Waals surface area (Å²) in [5.41, 5.74) is 3.84. The Bertz CT molecular complexity index is 436. The molecule has 1 atom stereocenters. The number of amides is 1. The van der Waals surface area contributed by atoms with Crippen LogP contribution in [-0.4, -0.2) is 25.0 Å². The van der Waals surface area contributed by atoms with Crippen LogP contribution in [0.25, 0.3) is 0 Å². The van der Waals surface area contributed by atoms with Crippen LogP contribution < -0.4 is 10.6 Å². The van der Waals surface area contributed by atoms with Gasteiger partial charge in [0.25, 0.3) is 0 Å². The molecule has 0 unspecified atom stereocenters. The monoisotopic (exact) mass is 260 g/mol. The van der Waals surface area contributed by atoms with E-state index in [2.05, 4.69) is 42.7 Å². The molecule has 1 aromatic carbocycles. The molecule has 1 aliphatic heterocycles. The van der Waals surface area contributed by atoms with Crippen LogP contribution in [-0.2, 0) is 11.2 Å². The summed E-state index contributed by atoms with van der Waals surface area (Å²) in [6.07, 6.45) is 3.67. The maximum atomic E-state index is 11.9. The highest BCUT2D eigenvalue weighted by atomic mass is 16.1. The van der Waals surface area contributed by atoms with Gasteiger partial charge in [-0.1, -0.05) is 23.8 Å². The SMILES string of the molecule is Cc1ccc(CCC(=O)N[C@H]2CCCNC2)c(C)c1. The summed E-state index contributed by atoms with van der Waals surface area (Å²) >= 11 is 0.